The van der Waals surface area contributed by atoms with E-state index in [4.69, 9.17) is 0 Å². The molecule has 0 aliphatic heterocycles. The Hall–Kier alpha value is -1.08. The van der Waals surface area contributed by atoms with Crippen LogP contribution in [0.2, 0.25) is 0 Å². The van der Waals surface area contributed by atoms with Crippen LogP contribution in [0, 0.1) is 0 Å². The minimum atomic E-state index is -0.961. The Morgan fingerprint density at radius 3 is 2.62 bits per heavy atom. The number of allylic oxidation sites excluding steroid dienone is 1. The second-order valence-corrected chi connectivity index (χ2v) is 6.27. The van der Waals surface area contributed by atoms with Crippen LogP contribution in [0.5, 0.6) is 0 Å². The third kappa shape index (κ3) is 6.81. The molecule has 1 aromatic rings. The van der Waals surface area contributed by atoms with E-state index in [1.54, 1.807) is 12.5 Å². The molecule has 0 amide bonds. The van der Waals surface area contributed by atoms with E-state index in [2.05, 4.69) is 21.7 Å². The second-order valence-electron chi connectivity index (χ2n) is 6.27. The van der Waals surface area contributed by atoms with E-state index in [0.717, 1.165) is 31.0 Å². The van der Waals surface area contributed by atoms with Crippen LogP contribution in [-0.2, 0) is 5.60 Å². The Labute approximate surface area is 162 Å². The molecule has 0 heterocycles. The van der Waals surface area contributed by atoms with E-state index in [1.165, 1.54) is 19.3 Å². The number of aliphatic imine (C=N–C) groups is 1. The largest absolute Gasteiger partial charge is 0.384 e. The maximum Gasteiger partial charge on any atom is 0.191 e. The lowest BCUT2D eigenvalue weighted by atomic mass is 9.96. The Morgan fingerprint density at radius 1 is 1.25 bits per heavy atom. The third-order valence-electron chi connectivity index (χ3n) is 4.16. The van der Waals surface area contributed by atoms with Crippen LogP contribution < -0.4 is 10.6 Å². The summed E-state index contributed by atoms with van der Waals surface area (Å²) in [6, 6.07) is 9.69. The summed E-state index contributed by atoms with van der Waals surface area (Å²) in [4.78, 5) is 4.55. The van der Waals surface area contributed by atoms with Gasteiger partial charge in [0.2, 0.25) is 0 Å². The highest BCUT2D eigenvalue weighted by Crippen LogP contribution is 2.21. The summed E-state index contributed by atoms with van der Waals surface area (Å²) in [6.45, 7) is 5.87. The van der Waals surface area contributed by atoms with Gasteiger partial charge in [-0.1, -0.05) is 42.0 Å². The van der Waals surface area contributed by atoms with Crippen molar-refractivity contribution < 1.29 is 5.11 Å². The Kier molecular flexibility index (Phi) is 9.36. The quantitative estimate of drug-likeness (QED) is 0.262. The molecule has 0 saturated carbocycles. The lowest BCUT2D eigenvalue weighted by molar-refractivity contribution is 0.0672. The van der Waals surface area contributed by atoms with Gasteiger partial charge in [0, 0.05) is 13.1 Å². The van der Waals surface area contributed by atoms with Crippen molar-refractivity contribution in [1.29, 1.82) is 0 Å². The molecule has 3 N–H and O–H groups in total. The van der Waals surface area contributed by atoms with Crippen molar-refractivity contribution in [2.45, 2.75) is 45.1 Å². The highest BCUT2D eigenvalue weighted by molar-refractivity contribution is 14.0. The number of guanidine groups is 1. The minimum absolute atomic E-state index is 0. The number of rotatable bonds is 7. The van der Waals surface area contributed by atoms with Gasteiger partial charge in [0.15, 0.2) is 5.96 Å². The lowest BCUT2D eigenvalue weighted by Crippen LogP contribution is -2.39. The fourth-order valence-corrected chi connectivity index (χ4v) is 2.77. The predicted molar refractivity (Wildman–Crippen MR) is 112 cm³/mol. The topological polar surface area (TPSA) is 56.7 Å². The molecule has 0 spiro atoms. The molecule has 0 saturated heterocycles. The third-order valence-corrected chi connectivity index (χ3v) is 4.16. The number of aliphatic hydroxyl groups is 1. The van der Waals surface area contributed by atoms with Gasteiger partial charge in [0.05, 0.1) is 6.54 Å². The van der Waals surface area contributed by atoms with Gasteiger partial charge in [-0.05, 0) is 45.1 Å². The van der Waals surface area contributed by atoms with Crippen molar-refractivity contribution in [3.05, 3.63) is 47.5 Å². The van der Waals surface area contributed by atoms with Crippen LogP contribution in [0.3, 0.4) is 0 Å². The maximum atomic E-state index is 10.6. The summed E-state index contributed by atoms with van der Waals surface area (Å²) in [6.07, 6.45) is 7.18. The Morgan fingerprint density at radius 2 is 2.00 bits per heavy atom. The van der Waals surface area contributed by atoms with Crippen molar-refractivity contribution >= 4 is 29.9 Å². The first-order valence-corrected chi connectivity index (χ1v) is 8.60. The fourth-order valence-electron chi connectivity index (χ4n) is 2.77. The van der Waals surface area contributed by atoms with Crippen molar-refractivity contribution in [3.8, 4) is 0 Å². The van der Waals surface area contributed by atoms with Gasteiger partial charge >= 0.3 is 0 Å². The van der Waals surface area contributed by atoms with Gasteiger partial charge in [-0.2, -0.15) is 0 Å². The zero-order chi connectivity index (χ0) is 16.5. The average molecular weight is 443 g/mol. The normalized spacial score (nSPS) is 16.8. The first-order valence-electron chi connectivity index (χ1n) is 8.60. The minimum Gasteiger partial charge on any atom is -0.384 e. The first-order chi connectivity index (χ1) is 11.1. The molecule has 1 atom stereocenters. The molecule has 1 unspecified atom stereocenters. The number of nitrogens with zero attached hydrogens (tertiary/aromatic N) is 1. The molecule has 4 nitrogen and oxygen atoms in total. The van der Waals surface area contributed by atoms with Gasteiger partial charge in [0.25, 0.3) is 0 Å². The molecule has 0 radical (unpaired) electrons. The number of hydrogen-bond donors (Lipinski definition) is 3. The second kappa shape index (κ2) is 10.7. The van der Waals surface area contributed by atoms with Crippen LogP contribution >= 0.6 is 24.0 Å². The smallest absolute Gasteiger partial charge is 0.191 e. The van der Waals surface area contributed by atoms with Crippen molar-refractivity contribution in [3.63, 3.8) is 0 Å². The molecular weight excluding hydrogens is 413 g/mol. The summed E-state index contributed by atoms with van der Waals surface area (Å²) >= 11 is 0. The van der Waals surface area contributed by atoms with E-state index >= 15 is 0 Å². The van der Waals surface area contributed by atoms with E-state index in [0.29, 0.717) is 6.54 Å². The molecule has 134 valence electrons. The standard InChI is InChI=1S/C19H29N3O.HI/c1-3-20-18(21-14-13-16-9-7-8-10-16)22-15-19(2,23)17-11-5-4-6-12-17;/h4-6,9,11-12,23H,3,7-8,10,13-15H2,1-2H3,(H2,20,21,22);1H. The lowest BCUT2D eigenvalue weighted by Gasteiger charge is -2.22. The van der Waals surface area contributed by atoms with Gasteiger partial charge < -0.3 is 15.7 Å². The van der Waals surface area contributed by atoms with Crippen LogP contribution in [0.4, 0.5) is 0 Å². The van der Waals surface area contributed by atoms with Crippen molar-refractivity contribution in [1.82, 2.24) is 10.6 Å². The molecule has 0 aromatic heterocycles. The number of benzene rings is 1. The first kappa shape index (κ1) is 21.0. The van der Waals surface area contributed by atoms with Gasteiger partial charge in [0.1, 0.15) is 5.60 Å². The molecule has 2 rings (SSSR count). The number of halogens is 1. The van der Waals surface area contributed by atoms with Gasteiger partial charge in [-0.25, -0.2) is 4.99 Å². The predicted octanol–water partition coefficient (Wildman–Crippen LogP) is 3.57. The van der Waals surface area contributed by atoms with Crippen LogP contribution in [0.25, 0.3) is 0 Å². The van der Waals surface area contributed by atoms with E-state index in [9.17, 15) is 5.11 Å². The SMILES string of the molecule is CCNC(=NCC(C)(O)c1ccccc1)NCCC1=CCCC1.I. The summed E-state index contributed by atoms with van der Waals surface area (Å²) in [5.74, 6) is 0.766. The molecule has 1 aliphatic rings. The summed E-state index contributed by atoms with van der Waals surface area (Å²) in [7, 11) is 0. The van der Waals surface area contributed by atoms with Crippen LogP contribution in [-0.4, -0.2) is 30.7 Å². The summed E-state index contributed by atoms with van der Waals surface area (Å²) in [5, 5.41) is 17.2. The zero-order valence-corrected chi connectivity index (χ0v) is 17.0. The molecule has 5 heteroatoms. The highest BCUT2D eigenvalue weighted by atomic mass is 127. The van der Waals surface area contributed by atoms with Gasteiger partial charge in [-0.3, -0.25) is 0 Å². The fraction of sp³-hybridized carbons (Fsp3) is 0.526. The molecule has 1 aliphatic carbocycles. The van der Waals surface area contributed by atoms with E-state index in [-0.39, 0.29) is 24.0 Å². The average Bonchev–Trinajstić information content (AvgIpc) is 3.07. The van der Waals surface area contributed by atoms with Gasteiger partial charge in [-0.15, -0.1) is 24.0 Å². The van der Waals surface area contributed by atoms with Crippen LogP contribution in [0.15, 0.2) is 47.0 Å². The van der Waals surface area contributed by atoms with Crippen LogP contribution in [0.1, 0.15) is 45.1 Å². The molecule has 0 fully saturated rings. The molecule has 0 bridgehead atoms. The Bertz CT molecular complexity index is 541. The molecule has 1 aromatic carbocycles. The monoisotopic (exact) mass is 443 g/mol. The van der Waals surface area contributed by atoms with E-state index < -0.39 is 5.60 Å². The van der Waals surface area contributed by atoms with Crippen molar-refractivity contribution in [2.75, 3.05) is 19.6 Å². The summed E-state index contributed by atoms with van der Waals surface area (Å²) < 4.78 is 0. The number of nitrogens with one attached hydrogen (secondary N) is 2. The number of hydrogen-bond acceptors (Lipinski definition) is 2. The highest BCUT2D eigenvalue weighted by Gasteiger charge is 2.22. The maximum absolute atomic E-state index is 10.6. The Balaban J connectivity index is 0.00000288. The zero-order valence-electron chi connectivity index (χ0n) is 14.7. The van der Waals surface area contributed by atoms with Crippen molar-refractivity contribution in [2.24, 2.45) is 4.99 Å². The molecule has 24 heavy (non-hydrogen) atoms. The summed E-state index contributed by atoms with van der Waals surface area (Å²) in [5.41, 5.74) is 1.47. The molecular formula is C19H30IN3O. The van der Waals surface area contributed by atoms with E-state index in [1.807, 2.05) is 37.3 Å².